The largest absolute Gasteiger partial charge is 0.337 e. The first-order valence-electron chi connectivity index (χ1n) is 12.0. The molecule has 1 aliphatic rings. The molecule has 0 spiro atoms. The van der Waals surface area contributed by atoms with Crippen LogP contribution in [0, 0.1) is 12.7 Å². The van der Waals surface area contributed by atoms with Crippen LogP contribution in [0.1, 0.15) is 41.2 Å². The first-order chi connectivity index (χ1) is 16.8. The summed E-state index contributed by atoms with van der Waals surface area (Å²) < 4.78 is 15.4. The molecule has 2 aromatic carbocycles. The molecular formula is C27H32FN5O2. The molecule has 35 heavy (non-hydrogen) atoms. The predicted octanol–water partition coefficient (Wildman–Crippen LogP) is 4.41. The van der Waals surface area contributed by atoms with E-state index in [2.05, 4.69) is 9.88 Å². The van der Waals surface area contributed by atoms with Crippen LogP contribution in [0.4, 0.5) is 10.3 Å². The standard InChI is InChI=1S/C27H32FN5O2/c1-19-8-6-10-23-25(19)33(27(29-23)30-26(35)20-12-14-21(28)15-13-20)22-9-4-5-17-32(18-22)24(34)11-7-16-31(2)3/h6-8,10-15,22H,4-5,9,16-18H2,1-3H3,(H,29,30,35). The number of imidazole rings is 1. The molecule has 1 aromatic heterocycles. The normalized spacial score (nSPS) is 16.7. The summed E-state index contributed by atoms with van der Waals surface area (Å²) in [6.07, 6.45) is 6.29. The average Bonchev–Trinajstić information content (AvgIpc) is 3.01. The van der Waals surface area contributed by atoms with Crippen molar-refractivity contribution in [3.8, 4) is 0 Å². The second kappa shape index (κ2) is 10.8. The fourth-order valence-corrected chi connectivity index (χ4v) is 4.54. The van der Waals surface area contributed by atoms with Gasteiger partial charge in [-0.3, -0.25) is 14.9 Å². The van der Waals surface area contributed by atoms with Crippen molar-refractivity contribution in [2.45, 2.75) is 32.2 Å². The number of carbonyl (C=O) groups is 2. The first-order valence-corrected chi connectivity index (χ1v) is 12.0. The summed E-state index contributed by atoms with van der Waals surface area (Å²) in [6, 6.07) is 11.3. The molecule has 2 heterocycles. The molecule has 1 N–H and O–H groups in total. The number of aromatic nitrogens is 2. The number of anilines is 1. The van der Waals surface area contributed by atoms with E-state index in [4.69, 9.17) is 4.98 Å². The Balaban J connectivity index is 1.67. The summed E-state index contributed by atoms with van der Waals surface area (Å²) in [5, 5.41) is 2.94. The molecule has 184 valence electrons. The molecule has 0 radical (unpaired) electrons. The number of amides is 2. The van der Waals surface area contributed by atoms with E-state index in [0.717, 1.165) is 35.9 Å². The molecule has 3 aromatic rings. The lowest BCUT2D eigenvalue weighted by atomic mass is 10.1. The minimum atomic E-state index is -0.396. The highest BCUT2D eigenvalue weighted by atomic mass is 19.1. The quantitative estimate of drug-likeness (QED) is 0.534. The van der Waals surface area contributed by atoms with Gasteiger partial charge in [0.1, 0.15) is 5.82 Å². The number of nitrogens with zero attached hydrogens (tertiary/aromatic N) is 4. The van der Waals surface area contributed by atoms with Crippen molar-refractivity contribution in [1.29, 1.82) is 0 Å². The highest BCUT2D eigenvalue weighted by Gasteiger charge is 2.27. The summed E-state index contributed by atoms with van der Waals surface area (Å²) >= 11 is 0. The number of likely N-dealkylation sites (N-methyl/N-ethyl adjacent to an activating group) is 1. The van der Waals surface area contributed by atoms with Crippen LogP contribution < -0.4 is 5.32 Å². The van der Waals surface area contributed by atoms with Crippen molar-refractivity contribution >= 4 is 28.8 Å². The number of fused-ring (bicyclic) bond motifs is 1. The first kappa shape index (κ1) is 24.6. The maximum atomic E-state index is 13.3. The maximum Gasteiger partial charge on any atom is 0.257 e. The van der Waals surface area contributed by atoms with Gasteiger partial charge < -0.3 is 14.4 Å². The second-order valence-corrected chi connectivity index (χ2v) is 9.31. The average molecular weight is 478 g/mol. The topological polar surface area (TPSA) is 70.5 Å². The molecule has 7 nitrogen and oxygen atoms in total. The lowest BCUT2D eigenvalue weighted by Crippen LogP contribution is -2.35. The van der Waals surface area contributed by atoms with Crippen LogP contribution >= 0.6 is 0 Å². The van der Waals surface area contributed by atoms with Crippen molar-refractivity contribution < 1.29 is 14.0 Å². The third-order valence-corrected chi connectivity index (χ3v) is 6.30. The maximum absolute atomic E-state index is 13.3. The molecule has 0 aliphatic carbocycles. The number of para-hydroxylation sites is 1. The van der Waals surface area contributed by atoms with E-state index >= 15 is 0 Å². The van der Waals surface area contributed by atoms with Crippen LogP contribution in [0.3, 0.4) is 0 Å². The molecule has 8 heteroatoms. The van der Waals surface area contributed by atoms with Crippen LogP contribution in [0.5, 0.6) is 0 Å². The van der Waals surface area contributed by atoms with Gasteiger partial charge in [0.15, 0.2) is 0 Å². The van der Waals surface area contributed by atoms with Gasteiger partial charge in [-0.2, -0.15) is 0 Å². The highest BCUT2D eigenvalue weighted by Crippen LogP contribution is 2.32. The molecule has 1 fully saturated rings. The fraction of sp³-hybridized carbons (Fsp3) is 0.370. The van der Waals surface area contributed by atoms with Gasteiger partial charge in [0.2, 0.25) is 11.9 Å². The molecule has 1 saturated heterocycles. The number of nitrogens with one attached hydrogen (secondary N) is 1. The number of carbonyl (C=O) groups excluding carboxylic acids is 2. The van der Waals surface area contributed by atoms with E-state index < -0.39 is 5.82 Å². The van der Waals surface area contributed by atoms with Gasteiger partial charge in [-0.15, -0.1) is 0 Å². The third-order valence-electron chi connectivity index (χ3n) is 6.30. The fourth-order valence-electron chi connectivity index (χ4n) is 4.54. The lowest BCUT2D eigenvalue weighted by molar-refractivity contribution is -0.126. The van der Waals surface area contributed by atoms with Crippen LogP contribution in [0.25, 0.3) is 11.0 Å². The Bertz CT molecular complexity index is 1230. The molecule has 2 amide bonds. The van der Waals surface area contributed by atoms with Crippen molar-refractivity contribution in [1.82, 2.24) is 19.4 Å². The Morgan fingerprint density at radius 1 is 1.17 bits per heavy atom. The molecule has 4 rings (SSSR count). The number of hydrogen-bond donors (Lipinski definition) is 1. The van der Waals surface area contributed by atoms with Gasteiger partial charge in [0.25, 0.3) is 5.91 Å². The molecule has 1 aliphatic heterocycles. The minimum absolute atomic E-state index is 0.00297. The Labute approximate surface area is 205 Å². The number of aryl methyl sites for hydroxylation is 1. The second-order valence-electron chi connectivity index (χ2n) is 9.31. The van der Waals surface area contributed by atoms with Gasteiger partial charge >= 0.3 is 0 Å². The summed E-state index contributed by atoms with van der Waals surface area (Å²) in [5.74, 6) is -0.317. The van der Waals surface area contributed by atoms with E-state index in [0.29, 0.717) is 31.1 Å². The van der Waals surface area contributed by atoms with Crippen LogP contribution in [-0.4, -0.2) is 64.9 Å². The summed E-state index contributed by atoms with van der Waals surface area (Å²) in [7, 11) is 3.93. The van der Waals surface area contributed by atoms with Gasteiger partial charge in [-0.1, -0.05) is 18.2 Å². The Morgan fingerprint density at radius 2 is 1.94 bits per heavy atom. The summed E-state index contributed by atoms with van der Waals surface area (Å²) in [6.45, 7) is 3.96. The highest BCUT2D eigenvalue weighted by molar-refractivity contribution is 6.04. The zero-order valence-electron chi connectivity index (χ0n) is 20.5. The Morgan fingerprint density at radius 3 is 2.69 bits per heavy atom. The van der Waals surface area contributed by atoms with Crippen molar-refractivity contribution in [3.05, 3.63) is 71.6 Å². The number of hydrogen-bond acceptors (Lipinski definition) is 4. The van der Waals surface area contributed by atoms with E-state index in [1.165, 1.54) is 24.3 Å². The summed E-state index contributed by atoms with van der Waals surface area (Å²) in [4.78, 5) is 34.5. The van der Waals surface area contributed by atoms with E-state index in [1.807, 2.05) is 55.1 Å². The number of benzene rings is 2. The smallest absolute Gasteiger partial charge is 0.257 e. The summed E-state index contributed by atoms with van der Waals surface area (Å²) in [5.41, 5.74) is 3.13. The molecule has 0 saturated carbocycles. The van der Waals surface area contributed by atoms with Crippen molar-refractivity contribution in [2.75, 3.05) is 39.0 Å². The van der Waals surface area contributed by atoms with Crippen molar-refractivity contribution in [3.63, 3.8) is 0 Å². The number of likely N-dealkylation sites (tertiary alicyclic amines) is 1. The van der Waals surface area contributed by atoms with E-state index in [1.54, 1.807) is 6.08 Å². The van der Waals surface area contributed by atoms with Gasteiger partial charge in [-0.05, 0) is 76.2 Å². The molecule has 1 unspecified atom stereocenters. The zero-order chi connectivity index (χ0) is 24.9. The Hall–Kier alpha value is -3.52. The zero-order valence-corrected chi connectivity index (χ0v) is 20.5. The van der Waals surface area contributed by atoms with Crippen LogP contribution in [-0.2, 0) is 4.79 Å². The van der Waals surface area contributed by atoms with Crippen LogP contribution in [0.2, 0.25) is 0 Å². The predicted molar refractivity (Wildman–Crippen MR) is 136 cm³/mol. The van der Waals surface area contributed by atoms with E-state index in [-0.39, 0.29) is 17.9 Å². The SMILES string of the molecule is Cc1cccc2nc(NC(=O)c3ccc(F)cc3)n(C3CCCCN(C(=O)C=CCN(C)C)C3)c12. The van der Waals surface area contributed by atoms with Gasteiger partial charge in [0.05, 0.1) is 17.1 Å². The number of halogens is 1. The van der Waals surface area contributed by atoms with Crippen LogP contribution in [0.15, 0.2) is 54.6 Å². The minimum Gasteiger partial charge on any atom is -0.337 e. The van der Waals surface area contributed by atoms with E-state index in [9.17, 15) is 14.0 Å². The monoisotopic (exact) mass is 477 g/mol. The molecule has 1 atom stereocenters. The Kier molecular flexibility index (Phi) is 7.60. The molecular weight excluding hydrogens is 445 g/mol. The number of rotatable bonds is 6. The van der Waals surface area contributed by atoms with Crippen molar-refractivity contribution in [2.24, 2.45) is 0 Å². The third kappa shape index (κ3) is 5.77. The molecule has 0 bridgehead atoms. The van der Waals surface area contributed by atoms with Gasteiger partial charge in [-0.25, -0.2) is 9.37 Å². The van der Waals surface area contributed by atoms with Gasteiger partial charge in [0, 0.05) is 31.3 Å². The lowest BCUT2D eigenvalue weighted by Gasteiger charge is -2.26.